The number of hydrogen-bond donors (Lipinski definition) is 1. The lowest BCUT2D eigenvalue weighted by atomic mass is 9.85. The largest absolute Gasteiger partial charge is 0.481 e. The number of aliphatic carboxylic acids is 1. The van der Waals surface area contributed by atoms with Crippen LogP contribution in [0.4, 0.5) is 0 Å². The van der Waals surface area contributed by atoms with Gasteiger partial charge < -0.3 is 14.6 Å². The third-order valence-corrected chi connectivity index (χ3v) is 3.59. The van der Waals surface area contributed by atoms with E-state index in [0.29, 0.717) is 6.42 Å². The van der Waals surface area contributed by atoms with Gasteiger partial charge in [-0.15, -0.1) is 0 Å². The SMILES string of the molecule is CCC(=O)OC1CC(OC(=O)CI)CC(C(=O)O)C1. The first kappa shape index (κ1) is 16.2. The maximum atomic E-state index is 11.3. The lowest BCUT2D eigenvalue weighted by Crippen LogP contribution is -2.38. The number of carboxylic acids is 1. The maximum Gasteiger partial charge on any atom is 0.316 e. The fourth-order valence-corrected chi connectivity index (χ4v) is 2.28. The number of rotatable bonds is 5. The van der Waals surface area contributed by atoms with Crippen LogP contribution in [0.2, 0.25) is 0 Å². The van der Waals surface area contributed by atoms with Gasteiger partial charge in [-0.05, 0) is 12.8 Å². The van der Waals surface area contributed by atoms with E-state index in [4.69, 9.17) is 14.6 Å². The molecular weight excluding hydrogens is 367 g/mol. The summed E-state index contributed by atoms with van der Waals surface area (Å²) in [4.78, 5) is 33.6. The summed E-state index contributed by atoms with van der Waals surface area (Å²) in [7, 11) is 0. The Labute approximate surface area is 125 Å². The lowest BCUT2D eigenvalue weighted by Gasteiger charge is -2.32. The van der Waals surface area contributed by atoms with Crippen LogP contribution in [0.5, 0.6) is 0 Å². The smallest absolute Gasteiger partial charge is 0.316 e. The van der Waals surface area contributed by atoms with Crippen molar-refractivity contribution in [2.24, 2.45) is 5.92 Å². The maximum absolute atomic E-state index is 11.3. The first-order chi connectivity index (χ1) is 8.96. The van der Waals surface area contributed by atoms with Crippen molar-refractivity contribution in [1.82, 2.24) is 0 Å². The molecule has 1 N–H and O–H groups in total. The van der Waals surface area contributed by atoms with Crippen molar-refractivity contribution in [2.45, 2.75) is 44.8 Å². The monoisotopic (exact) mass is 384 g/mol. The van der Waals surface area contributed by atoms with E-state index in [1.807, 2.05) is 22.6 Å². The highest BCUT2D eigenvalue weighted by atomic mass is 127. The molecule has 0 aromatic carbocycles. The van der Waals surface area contributed by atoms with Gasteiger partial charge in [0, 0.05) is 12.8 Å². The van der Waals surface area contributed by atoms with E-state index in [-0.39, 0.29) is 35.6 Å². The lowest BCUT2D eigenvalue weighted by molar-refractivity contribution is -0.164. The molecule has 19 heavy (non-hydrogen) atoms. The molecule has 0 radical (unpaired) electrons. The molecule has 0 aromatic rings. The molecule has 0 aliphatic heterocycles. The molecule has 7 heteroatoms. The summed E-state index contributed by atoms with van der Waals surface area (Å²) >= 11 is 1.88. The second kappa shape index (κ2) is 7.66. The summed E-state index contributed by atoms with van der Waals surface area (Å²) in [5, 5.41) is 9.07. The second-order valence-corrected chi connectivity index (χ2v) is 5.22. The van der Waals surface area contributed by atoms with Crippen molar-refractivity contribution in [3.8, 4) is 0 Å². The minimum Gasteiger partial charge on any atom is -0.481 e. The molecule has 1 saturated carbocycles. The molecule has 1 aliphatic carbocycles. The summed E-state index contributed by atoms with van der Waals surface area (Å²) < 4.78 is 10.5. The molecule has 6 nitrogen and oxygen atoms in total. The Morgan fingerprint density at radius 3 is 2.05 bits per heavy atom. The molecule has 3 unspecified atom stereocenters. The van der Waals surface area contributed by atoms with Crippen molar-refractivity contribution in [1.29, 1.82) is 0 Å². The summed E-state index contributed by atoms with van der Waals surface area (Å²) in [6.07, 6.45) is 0.183. The van der Waals surface area contributed by atoms with Gasteiger partial charge in [0.2, 0.25) is 0 Å². The molecule has 1 rings (SSSR count). The fourth-order valence-electron chi connectivity index (χ4n) is 2.10. The molecule has 3 atom stereocenters. The molecule has 0 amide bonds. The van der Waals surface area contributed by atoms with Crippen molar-refractivity contribution in [3.05, 3.63) is 0 Å². The highest BCUT2D eigenvalue weighted by Gasteiger charge is 2.36. The number of alkyl halides is 1. The molecule has 1 aliphatic rings. The van der Waals surface area contributed by atoms with Gasteiger partial charge in [0.15, 0.2) is 0 Å². The Kier molecular flexibility index (Phi) is 6.53. The predicted molar refractivity (Wildman–Crippen MR) is 73.9 cm³/mol. The summed E-state index contributed by atoms with van der Waals surface area (Å²) in [6, 6.07) is 0. The molecule has 0 heterocycles. The number of hydrogen-bond acceptors (Lipinski definition) is 5. The molecular formula is C12H17IO6. The number of halogens is 1. The highest BCUT2D eigenvalue weighted by molar-refractivity contribution is 14.1. The van der Waals surface area contributed by atoms with E-state index >= 15 is 0 Å². The minimum atomic E-state index is -0.951. The quantitative estimate of drug-likeness (QED) is 0.440. The van der Waals surface area contributed by atoms with Crippen LogP contribution in [0.1, 0.15) is 32.6 Å². The Bertz CT molecular complexity index is 330. The Balaban J connectivity index is 2.64. The van der Waals surface area contributed by atoms with Crippen molar-refractivity contribution in [3.63, 3.8) is 0 Å². The third kappa shape index (κ3) is 5.33. The molecule has 0 bridgehead atoms. The molecule has 0 aromatic heterocycles. The Morgan fingerprint density at radius 1 is 1.11 bits per heavy atom. The first-order valence-electron chi connectivity index (χ1n) is 6.14. The van der Waals surface area contributed by atoms with Crippen molar-refractivity contribution < 1.29 is 29.0 Å². The van der Waals surface area contributed by atoms with Crippen LogP contribution in [-0.4, -0.2) is 39.6 Å². The number of carbonyl (C=O) groups excluding carboxylic acids is 2. The van der Waals surface area contributed by atoms with Gasteiger partial charge in [-0.3, -0.25) is 14.4 Å². The van der Waals surface area contributed by atoms with E-state index in [0.717, 1.165) is 0 Å². The zero-order chi connectivity index (χ0) is 14.4. The van der Waals surface area contributed by atoms with Gasteiger partial charge in [-0.1, -0.05) is 29.5 Å². The third-order valence-electron chi connectivity index (χ3n) is 2.96. The first-order valence-corrected chi connectivity index (χ1v) is 7.66. The number of carbonyl (C=O) groups is 3. The second-order valence-electron chi connectivity index (χ2n) is 4.45. The zero-order valence-corrected chi connectivity index (χ0v) is 12.8. The van der Waals surface area contributed by atoms with Gasteiger partial charge in [0.1, 0.15) is 12.2 Å². The number of ether oxygens (including phenoxy) is 2. The van der Waals surface area contributed by atoms with Crippen LogP contribution in [0.3, 0.4) is 0 Å². The van der Waals surface area contributed by atoms with Gasteiger partial charge in [0.05, 0.1) is 10.3 Å². The Hall–Kier alpha value is -0.860. The molecule has 0 saturated heterocycles. The van der Waals surface area contributed by atoms with Crippen LogP contribution in [0.15, 0.2) is 0 Å². The average Bonchev–Trinajstić information content (AvgIpc) is 2.37. The zero-order valence-electron chi connectivity index (χ0n) is 10.6. The number of esters is 2. The van der Waals surface area contributed by atoms with E-state index in [1.165, 1.54) is 0 Å². The van der Waals surface area contributed by atoms with E-state index in [2.05, 4.69) is 0 Å². The van der Waals surface area contributed by atoms with Gasteiger partial charge in [-0.2, -0.15) is 0 Å². The van der Waals surface area contributed by atoms with E-state index in [9.17, 15) is 14.4 Å². The van der Waals surface area contributed by atoms with Gasteiger partial charge >= 0.3 is 17.9 Å². The average molecular weight is 384 g/mol. The summed E-state index contributed by atoms with van der Waals surface area (Å²) in [6.45, 7) is 1.67. The van der Waals surface area contributed by atoms with Crippen LogP contribution in [0, 0.1) is 5.92 Å². The van der Waals surface area contributed by atoms with Crippen LogP contribution < -0.4 is 0 Å². The molecule has 0 spiro atoms. The van der Waals surface area contributed by atoms with Gasteiger partial charge in [0.25, 0.3) is 0 Å². The fraction of sp³-hybridized carbons (Fsp3) is 0.750. The number of carboxylic acid groups (broad SMARTS) is 1. The normalized spacial score (nSPS) is 26.5. The minimum absolute atomic E-state index is 0.214. The van der Waals surface area contributed by atoms with Crippen LogP contribution in [0.25, 0.3) is 0 Å². The summed E-state index contributed by atoms with van der Waals surface area (Å²) in [5.74, 6) is -2.34. The van der Waals surface area contributed by atoms with E-state index in [1.54, 1.807) is 6.92 Å². The molecule has 1 fully saturated rings. The van der Waals surface area contributed by atoms with Crippen LogP contribution in [-0.2, 0) is 23.9 Å². The molecule has 108 valence electrons. The standard InChI is InChI=1S/C12H17IO6/c1-2-10(14)18-8-3-7(12(16)17)4-9(5-8)19-11(15)6-13/h7-9H,2-6H2,1H3,(H,16,17). The van der Waals surface area contributed by atoms with Crippen molar-refractivity contribution >= 4 is 40.5 Å². The highest BCUT2D eigenvalue weighted by Crippen LogP contribution is 2.29. The Morgan fingerprint density at radius 2 is 1.63 bits per heavy atom. The summed E-state index contributed by atoms with van der Waals surface area (Å²) in [5.41, 5.74) is 0. The van der Waals surface area contributed by atoms with E-state index < -0.39 is 24.1 Å². The predicted octanol–water partition coefficient (Wildman–Crippen LogP) is 1.54. The van der Waals surface area contributed by atoms with Gasteiger partial charge in [-0.25, -0.2) is 0 Å². The van der Waals surface area contributed by atoms with Crippen molar-refractivity contribution in [2.75, 3.05) is 4.43 Å². The topological polar surface area (TPSA) is 89.9 Å². The van der Waals surface area contributed by atoms with Crippen LogP contribution >= 0.6 is 22.6 Å².